The largest absolute Gasteiger partial charge is 3.00 e. The van der Waals surface area contributed by atoms with E-state index in [1.165, 1.54) is 12.8 Å². The van der Waals surface area contributed by atoms with Gasteiger partial charge in [-0.1, -0.05) is 78.6 Å². The second-order valence-corrected chi connectivity index (χ2v) is 32.1. The molecule has 0 atom stereocenters. The van der Waals surface area contributed by atoms with Crippen molar-refractivity contribution in [2.45, 2.75) is 91.4 Å². The number of hydrogen-bond donors (Lipinski definition) is 0. The van der Waals surface area contributed by atoms with Gasteiger partial charge in [0.05, 0.1) is 16.1 Å². The number of rotatable bonds is 4. The third-order valence-electron chi connectivity index (χ3n) is 5.02. The normalized spacial score (nSPS) is 17.3. The molecule has 28 heavy (non-hydrogen) atoms. The molecule has 2 rings (SSSR count). The molecular formula is C22H42ClSi4U. The molecule has 0 aromatic rings. The quantitative estimate of drug-likeness (QED) is 0.299. The Labute approximate surface area is 210 Å². The van der Waals surface area contributed by atoms with Crippen LogP contribution in [0, 0.1) is 43.3 Å². The van der Waals surface area contributed by atoms with Crippen molar-refractivity contribution < 1.29 is 43.5 Å². The fourth-order valence-electron chi connectivity index (χ4n) is 2.91. The van der Waals surface area contributed by atoms with E-state index in [4.69, 9.17) is 0 Å². The third kappa shape index (κ3) is 9.98. The Bertz CT molecular complexity index is 588. The first kappa shape index (κ1) is 31.4. The molecule has 0 nitrogen and oxygen atoms in total. The van der Waals surface area contributed by atoms with Gasteiger partial charge in [-0.15, -0.1) is 12.8 Å². The zero-order chi connectivity index (χ0) is 20.6. The second kappa shape index (κ2) is 11.2. The van der Waals surface area contributed by atoms with Gasteiger partial charge >= 0.3 is 31.1 Å². The molecule has 1 radical (unpaired) electrons. The Morgan fingerprint density at radius 2 is 0.786 bits per heavy atom. The van der Waals surface area contributed by atoms with Crippen LogP contribution in [0.3, 0.4) is 0 Å². The van der Waals surface area contributed by atoms with E-state index < -0.39 is 32.3 Å². The zero-order valence-corrected chi connectivity index (χ0v) is 29.4. The molecule has 0 bridgehead atoms. The van der Waals surface area contributed by atoms with Crippen molar-refractivity contribution in [3.8, 4) is 0 Å². The van der Waals surface area contributed by atoms with Crippen LogP contribution in [0.25, 0.3) is 0 Å². The summed E-state index contributed by atoms with van der Waals surface area (Å²) < 4.78 is 0. The number of hydrogen-bond acceptors (Lipinski definition) is 0. The van der Waals surface area contributed by atoms with Crippen LogP contribution in [-0.2, 0) is 0 Å². The van der Waals surface area contributed by atoms with Crippen LogP contribution in [-0.4, -0.2) is 32.3 Å². The monoisotopic (exact) mass is 691 g/mol. The standard InChI is InChI=1S/2C11H21Si2.ClH.U/c2*1-12(2,3)10-7-8-11(9-10)13(4,5)6;;/h2*7H,8H2,1-6H3;1H;/q2*-1;;+3/p-1. The fourth-order valence-corrected chi connectivity index (χ4v) is 8.09. The van der Waals surface area contributed by atoms with Crippen LogP contribution in [0.1, 0.15) is 12.8 Å². The molecule has 0 fully saturated rings. The molecule has 0 aliphatic heterocycles. The molecule has 0 amide bonds. The van der Waals surface area contributed by atoms with E-state index in [-0.39, 0.29) is 43.5 Å². The molecule has 157 valence electrons. The Morgan fingerprint density at radius 3 is 0.893 bits per heavy atom. The second-order valence-electron chi connectivity index (χ2n) is 11.9. The molecular weight excluding hydrogens is 650 g/mol. The SMILES string of the molecule is C[Si](C)(C)C1=[C-]C([Si](C)(C)C)=CC1.C[Si](C)(C)C1=[C-]C([Si](C)(C)C)=CC1.[Cl-].[U+3]. The predicted molar refractivity (Wildman–Crippen MR) is 132 cm³/mol. The van der Waals surface area contributed by atoms with Gasteiger partial charge < -0.3 is 12.4 Å². The van der Waals surface area contributed by atoms with Gasteiger partial charge in [0.2, 0.25) is 0 Å². The molecule has 0 unspecified atom stereocenters. The van der Waals surface area contributed by atoms with Gasteiger partial charge in [0, 0.05) is 16.1 Å². The number of halogens is 1. The van der Waals surface area contributed by atoms with Gasteiger partial charge in [-0.25, -0.2) is 22.5 Å². The van der Waals surface area contributed by atoms with Crippen molar-refractivity contribution in [2.24, 2.45) is 0 Å². The van der Waals surface area contributed by atoms with Crippen molar-refractivity contribution in [1.29, 1.82) is 0 Å². The van der Waals surface area contributed by atoms with E-state index in [1.54, 1.807) is 20.8 Å². The first-order valence-corrected chi connectivity index (χ1v) is 24.1. The first-order valence-electron chi connectivity index (χ1n) is 10.1. The molecule has 0 N–H and O–H groups in total. The summed E-state index contributed by atoms with van der Waals surface area (Å²) in [5.41, 5.74) is 0. The van der Waals surface area contributed by atoms with Gasteiger partial charge in [-0.3, -0.25) is 12.2 Å². The van der Waals surface area contributed by atoms with Crippen LogP contribution in [0.4, 0.5) is 0 Å². The minimum Gasteiger partial charge on any atom is -1.00 e. The molecule has 0 heterocycles. The van der Waals surface area contributed by atoms with E-state index in [0.29, 0.717) is 0 Å². The molecule has 2 aliphatic rings. The summed E-state index contributed by atoms with van der Waals surface area (Å²) in [6.07, 6.45) is 14.6. The molecule has 0 aromatic carbocycles. The maximum Gasteiger partial charge on any atom is 3.00 e. The predicted octanol–water partition coefficient (Wildman–Crippen LogP) is 4.61. The Kier molecular flexibility index (Phi) is 12.5. The van der Waals surface area contributed by atoms with E-state index >= 15 is 0 Å². The smallest absolute Gasteiger partial charge is 1.00 e. The van der Waals surface area contributed by atoms with Crippen molar-refractivity contribution in [3.05, 3.63) is 45.1 Å². The maximum absolute atomic E-state index is 3.67. The van der Waals surface area contributed by atoms with E-state index in [0.717, 1.165) is 0 Å². The Hall–Kier alpha value is 1.17. The summed E-state index contributed by atoms with van der Waals surface area (Å²) in [6.45, 7) is 28.9. The summed E-state index contributed by atoms with van der Waals surface area (Å²) in [4.78, 5) is 0. The van der Waals surface area contributed by atoms with E-state index in [2.05, 4.69) is 103 Å². The fraction of sp³-hybridized carbons (Fsp3) is 0.636. The Balaban J connectivity index is 0. The van der Waals surface area contributed by atoms with E-state index in [9.17, 15) is 0 Å². The zero-order valence-electron chi connectivity index (χ0n) is 20.4. The minimum absolute atomic E-state index is 0. The van der Waals surface area contributed by atoms with Crippen molar-refractivity contribution in [2.75, 3.05) is 0 Å². The Morgan fingerprint density at radius 1 is 0.536 bits per heavy atom. The van der Waals surface area contributed by atoms with Gasteiger partial charge in [0.1, 0.15) is 0 Å². The third-order valence-corrected chi connectivity index (χ3v) is 13.2. The summed E-state index contributed by atoms with van der Waals surface area (Å²) in [5, 5.41) is 6.32. The number of allylic oxidation sites excluding steroid dienone is 8. The van der Waals surface area contributed by atoms with Gasteiger partial charge in [-0.2, -0.15) is 10.4 Å². The van der Waals surface area contributed by atoms with E-state index in [1.807, 2.05) is 0 Å². The first-order chi connectivity index (χ1) is 11.4. The van der Waals surface area contributed by atoms with Crippen LogP contribution in [0.2, 0.25) is 78.6 Å². The topological polar surface area (TPSA) is 0 Å². The van der Waals surface area contributed by atoms with Gasteiger partial charge in [-0.05, 0) is 0 Å². The average Bonchev–Trinajstić information content (AvgIpc) is 3.06. The average molecular weight is 692 g/mol. The van der Waals surface area contributed by atoms with Gasteiger partial charge in [0.15, 0.2) is 0 Å². The molecule has 2 aliphatic carbocycles. The van der Waals surface area contributed by atoms with Crippen molar-refractivity contribution in [1.82, 2.24) is 0 Å². The van der Waals surface area contributed by atoms with Crippen LogP contribution < -0.4 is 12.4 Å². The molecule has 6 heteroatoms. The van der Waals surface area contributed by atoms with Crippen LogP contribution in [0.5, 0.6) is 0 Å². The molecule has 0 spiro atoms. The summed E-state index contributed by atoms with van der Waals surface area (Å²) >= 11 is 0. The molecule has 0 aromatic heterocycles. The van der Waals surface area contributed by atoms with Crippen LogP contribution >= 0.6 is 0 Å². The maximum atomic E-state index is 3.67. The molecule has 0 saturated carbocycles. The van der Waals surface area contributed by atoms with Gasteiger partial charge in [0.25, 0.3) is 0 Å². The summed E-state index contributed by atoms with van der Waals surface area (Å²) in [5.74, 6) is 0. The molecule has 0 saturated heterocycles. The summed E-state index contributed by atoms with van der Waals surface area (Å²) in [6, 6.07) is 0. The van der Waals surface area contributed by atoms with Crippen LogP contribution in [0.15, 0.2) is 32.9 Å². The van der Waals surface area contributed by atoms with Crippen molar-refractivity contribution >= 4 is 32.3 Å². The summed E-state index contributed by atoms with van der Waals surface area (Å²) in [7, 11) is -4.32. The van der Waals surface area contributed by atoms with Crippen molar-refractivity contribution in [3.63, 3.8) is 0 Å². The minimum atomic E-state index is -1.09.